The molecule has 2 aromatic carbocycles. The van der Waals surface area contributed by atoms with Gasteiger partial charge < -0.3 is 10.2 Å². The van der Waals surface area contributed by atoms with E-state index in [9.17, 15) is 14.0 Å². The van der Waals surface area contributed by atoms with Crippen molar-refractivity contribution in [3.05, 3.63) is 83.3 Å². The van der Waals surface area contributed by atoms with Crippen LogP contribution in [0.25, 0.3) is 0 Å². The highest BCUT2D eigenvalue weighted by Gasteiger charge is 2.19. The van der Waals surface area contributed by atoms with E-state index in [0.717, 1.165) is 5.56 Å². The Morgan fingerprint density at radius 3 is 2.50 bits per heavy atom. The van der Waals surface area contributed by atoms with Crippen molar-refractivity contribution in [3.63, 3.8) is 0 Å². The second-order valence-corrected chi connectivity index (χ2v) is 6.50. The average Bonchev–Trinajstić information content (AvgIpc) is 3.04. The molecule has 0 atom stereocenters. The second-order valence-electron chi connectivity index (χ2n) is 6.50. The number of anilines is 1. The minimum absolute atomic E-state index is 0.123. The molecule has 3 rings (SSSR count). The van der Waals surface area contributed by atoms with Crippen LogP contribution in [-0.2, 0) is 24.8 Å². The van der Waals surface area contributed by atoms with E-state index in [4.69, 9.17) is 0 Å². The highest BCUT2D eigenvalue weighted by Crippen LogP contribution is 2.14. The van der Waals surface area contributed by atoms with Crippen LogP contribution in [0.5, 0.6) is 0 Å². The number of aromatic nitrogens is 2. The number of hydrogen-bond acceptors (Lipinski definition) is 3. The van der Waals surface area contributed by atoms with Gasteiger partial charge in [-0.25, -0.2) is 4.39 Å². The van der Waals surface area contributed by atoms with Crippen molar-refractivity contribution in [1.82, 2.24) is 14.7 Å². The summed E-state index contributed by atoms with van der Waals surface area (Å²) in [6.45, 7) is 0.123. The van der Waals surface area contributed by atoms with Crippen LogP contribution in [0, 0.1) is 5.82 Å². The molecule has 0 saturated heterocycles. The molecule has 0 unspecified atom stereocenters. The Kier molecular flexibility index (Phi) is 5.84. The summed E-state index contributed by atoms with van der Waals surface area (Å²) in [5, 5.41) is 6.94. The van der Waals surface area contributed by atoms with E-state index in [1.165, 1.54) is 21.7 Å². The minimum Gasteiger partial charge on any atom is -0.336 e. The number of hydrogen-bond donors (Lipinski definition) is 1. The molecule has 3 aromatic rings. The number of aryl methyl sites for hydroxylation is 1. The summed E-state index contributed by atoms with van der Waals surface area (Å²) < 4.78 is 15.2. The molecular formula is C21H21FN4O2. The molecule has 1 heterocycles. The van der Waals surface area contributed by atoms with Crippen LogP contribution in [-0.4, -0.2) is 33.5 Å². The third-order valence-corrected chi connectivity index (χ3v) is 4.29. The second kappa shape index (κ2) is 8.47. The highest BCUT2D eigenvalue weighted by atomic mass is 19.1. The Morgan fingerprint density at radius 1 is 1.11 bits per heavy atom. The third-order valence-electron chi connectivity index (χ3n) is 4.29. The number of rotatable bonds is 6. The number of benzene rings is 2. The number of nitrogens with zero attached hydrogens (tertiary/aromatic N) is 3. The first-order chi connectivity index (χ1) is 13.4. The molecule has 0 aliphatic rings. The van der Waals surface area contributed by atoms with Gasteiger partial charge in [-0.2, -0.15) is 5.10 Å². The molecule has 0 aliphatic heterocycles. The summed E-state index contributed by atoms with van der Waals surface area (Å²) in [5.74, 6) is -0.504. The van der Waals surface area contributed by atoms with Gasteiger partial charge in [-0.3, -0.25) is 14.3 Å². The zero-order valence-electron chi connectivity index (χ0n) is 15.7. The molecule has 144 valence electrons. The summed E-state index contributed by atoms with van der Waals surface area (Å²) in [5.41, 5.74) is 1.49. The average molecular weight is 380 g/mol. The van der Waals surface area contributed by atoms with Crippen LogP contribution in [0.2, 0.25) is 0 Å². The Bertz CT molecular complexity index is 985. The number of halogens is 1. The van der Waals surface area contributed by atoms with E-state index in [2.05, 4.69) is 10.4 Å². The van der Waals surface area contributed by atoms with Crippen LogP contribution in [0.4, 0.5) is 10.2 Å². The van der Waals surface area contributed by atoms with E-state index in [-0.39, 0.29) is 36.3 Å². The molecular weight excluding hydrogens is 359 g/mol. The van der Waals surface area contributed by atoms with Gasteiger partial charge in [0, 0.05) is 32.3 Å². The number of nitrogens with one attached hydrogen (secondary N) is 1. The highest BCUT2D eigenvalue weighted by molar-refractivity contribution is 5.95. The van der Waals surface area contributed by atoms with Crippen molar-refractivity contribution in [2.24, 2.45) is 7.05 Å². The van der Waals surface area contributed by atoms with Crippen molar-refractivity contribution in [1.29, 1.82) is 0 Å². The normalized spacial score (nSPS) is 10.5. The van der Waals surface area contributed by atoms with Gasteiger partial charge in [-0.15, -0.1) is 0 Å². The van der Waals surface area contributed by atoms with Crippen molar-refractivity contribution >= 4 is 17.6 Å². The van der Waals surface area contributed by atoms with Crippen molar-refractivity contribution < 1.29 is 14.0 Å². The Hall–Kier alpha value is -3.48. The third kappa shape index (κ3) is 4.62. The van der Waals surface area contributed by atoms with Crippen molar-refractivity contribution in [3.8, 4) is 0 Å². The molecule has 0 saturated carbocycles. The summed E-state index contributed by atoms with van der Waals surface area (Å²) >= 11 is 0. The van der Waals surface area contributed by atoms with Gasteiger partial charge in [-0.05, 0) is 11.6 Å². The lowest BCUT2D eigenvalue weighted by Crippen LogP contribution is -2.27. The Balaban J connectivity index is 1.66. The largest absolute Gasteiger partial charge is 0.336 e. The molecule has 0 spiro atoms. The lowest BCUT2D eigenvalue weighted by Gasteiger charge is -2.16. The molecule has 28 heavy (non-hydrogen) atoms. The monoisotopic (exact) mass is 380 g/mol. The van der Waals surface area contributed by atoms with E-state index in [1.807, 2.05) is 30.3 Å². The number of carbonyl (C=O) groups is 2. The quantitative estimate of drug-likeness (QED) is 0.715. The van der Waals surface area contributed by atoms with Crippen LogP contribution in [0.3, 0.4) is 0 Å². The molecule has 0 aliphatic carbocycles. The molecule has 1 aromatic heterocycles. The van der Waals surface area contributed by atoms with E-state index >= 15 is 0 Å². The van der Waals surface area contributed by atoms with Gasteiger partial charge in [-0.1, -0.05) is 48.5 Å². The van der Waals surface area contributed by atoms with Gasteiger partial charge in [0.15, 0.2) is 5.69 Å². The van der Waals surface area contributed by atoms with Gasteiger partial charge in [0.25, 0.3) is 5.91 Å². The smallest absolute Gasteiger partial charge is 0.274 e. The topological polar surface area (TPSA) is 67.2 Å². The summed E-state index contributed by atoms with van der Waals surface area (Å²) in [7, 11) is 3.23. The standard InChI is InChI=1S/C21H21FN4O2/c1-25(14-16-10-6-7-11-17(16)22)21(28)18-13-19(26(2)24-18)23-20(27)12-15-8-4-3-5-9-15/h3-11,13H,12,14H2,1-2H3,(H,23,27). The predicted molar refractivity (Wildman–Crippen MR) is 104 cm³/mol. The van der Waals surface area contributed by atoms with E-state index in [1.54, 1.807) is 32.3 Å². The first-order valence-electron chi connectivity index (χ1n) is 8.80. The van der Waals surface area contributed by atoms with Crippen molar-refractivity contribution in [2.75, 3.05) is 12.4 Å². The van der Waals surface area contributed by atoms with Gasteiger partial charge in [0.2, 0.25) is 5.91 Å². The molecule has 1 N–H and O–H groups in total. The summed E-state index contributed by atoms with van der Waals surface area (Å²) in [6, 6.07) is 17.2. The maximum atomic E-state index is 13.8. The first-order valence-corrected chi connectivity index (χ1v) is 8.80. The number of carbonyl (C=O) groups excluding carboxylic acids is 2. The fourth-order valence-corrected chi connectivity index (χ4v) is 2.81. The molecule has 0 bridgehead atoms. The molecule has 2 amide bonds. The Labute approximate surface area is 162 Å². The predicted octanol–water partition coefficient (Wildman–Crippen LogP) is 3.01. The lowest BCUT2D eigenvalue weighted by atomic mass is 10.1. The maximum absolute atomic E-state index is 13.8. The van der Waals surface area contributed by atoms with Gasteiger partial charge in [0.1, 0.15) is 11.6 Å². The van der Waals surface area contributed by atoms with Crippen molar-refractivity contribution in [2.45, 2.75) is 13.0 Å². The SMILES string of the molecule is CN(Cc1ccccc1F)C(=O)c1cc(NC(=O)Cc2ccccc2)n(C)n1. The van der Waals surface area contributed by atoms with Crippen LogP contribution >= 0.6 is 0 Å². The first kappa shape index (κ1) is 19.3. The fraction of sp³-hybridized carbons (Fsp3) is 0.190. The molecule has 6 nitrogen and oxygen atoms in total. The van der Waals surface area contributed by atoms with Gasteiger partial charge in [0.05, 0.1) is 6.42 Å². The van der Waals surface area contributed by atoms with E-state index < -0.39 is 0 Å². The van der Waals surface area contributed by atoms with Crippen LogP contribution in [0.1, 0.15) is 21.6 Å². The maximum Gasteiger partial charge on any atom is 0.274 e. The molecule has 0 fully saturated rings. The Morgan fingerprint density at radius 2 is 1.79 bits per heavy atom. The van der Waals surface area contributed by atoms with Crippen LogP contribution in [0.15, 0.2) is 60.7 Å². The lowest BCUT2D eigenvalue weighted by molar-refractivity contribution is -0.115. The summed E-state index contributed by atoms with van der Waals surface area (Å²) in [6.07, 6.45) is 0.225. The zero-order valence-corrected chi connectivity index (χ0v) is 15.7. The molecule has 0 radical (unpaired) electrons. The number of amides is 2. The molecule has 7 heteroatoms. The van der Waals surface area contributed by atoms with Gasteiger partial charge >= 0.3 is 0 Å². The fourth-order valence-electron chi connectivity index (χ4n) is 2.81. The van der Waals surface area contributed by atoms with E-state index in [0.29, 0.717) is 11.4 Å². The minimum atomic E-state index is -0.364. The summed E-state index contributed by atoms with van der Waals surface area (Å²) in [4.78, 5) is 26.2. The van der Waals surface area contributed by atoms with Crippen LogP contribution < -0.4 is 5.32 Å². The zero-order chi connectivity index (χ0) is 20.1.